The molecule has 0 aliphatic rings. The summed E-state index contributed by atoms with van der Waals surface area (Å²) in [5.41, 5.74) is 2.59. The van der Waals surface area contributed by atoms with E-state index in [9.17, 15) is 4.79 Å². The van der Waals surface area contributed by atoms with Crippen molar-refractivity contribution < 1.29 is 9.53 Å². The molecule has 0 radical (unpaired) electrons. The van der Waals surface area contributed by atoms with Crippen molar-refractivity contribution in [3.05, 3.63) is 57.6 Å². The fraction of sp³-hybridized carbons (Fsp3) is 0.235. The lowest BCUT2D eigenvalue weighted by molar-refractivity contribution is 0.102. The molecule has 3 aromatic rings. The molecule has 0 fully saturated rings. The van der Waals surface area contributed by atoms with Gasteiger partial charge in [0.15, 0.2) is 12.4 Å². The number of carbonyl (C=O) groups excluding carboxylic acids is 1. The summed E-state index contributed by atoms with van der Waals surface area (Å²) >= 11 is 11.9. The molecule has 3 rings (SSSR count). The second kappa shape index (κ2) is 7.39. The molecule has 1 aromatic carbocycles. The van der Waals surface area contributed by atoms with Gasteiger partial charge in [-0.05, 0) is 38.1 Å². The lowest BCUT2D eigenvalue weighted by Gasteiger charge is -2.08. The first-order valence-corrected chi connectivity index (χ1v) is 8.53. The maximum atomic E-state index is 12.4. The van der Waals surface area contributed by atoms with Crippen LogP contribution in [0.15, 0.2) is 30.5 Å². The first-order valence-electron chi connectivity index (χ1n) is 7.78. The Morgan fingerprint density at radius 2 is 2.00 bits per heavy atom. The molecular weight excluding hydrogens is 377 g/mol. The number of hydrogen-bond acceptors (Lipinski definition) is 4. The highest BCUT2D eigenvalue weighted by Gasteiger charge is 2.16. The lowest BCUT2D eigenvalue weighted by Crippen LogP contribution is -2.15. The molecule has 26 heavy (non-hydrogen) atoms. The molecule has 0 aliphatic carbocycles. The first kappa shape index (κ1) is 18.3. The smallest absolute Gasteiger partial charge is 0.276 e. The molecular formula is C17H17Cl2N5O2. The Morgan fingerprint density at radius 1 is 1.23 bits per heavy atom. The highest BCUT2D eigenvalue weighted by Crippen LogP contribution is 2.27. The van der Waals surface area contributed by atoms with Gasteiger partial charge >= 0.3 is 0 Å². The highest BCUT2D eigenvalue weighted by atomic mass is 35.5. The minimum atomic E-state index is -0.313. The molecule has 0 aliphatic heterocycles. The molecule has 0 atom stereocenters. The molecule has 7 nitrogen and oxygen atoms in total. The first-order chi connectivity index (χ1) is 12.3. The third kappa shape index (κ3) is 3.84. The Bertz CT molecular complexity index is 964. The third-order valence-corrected chi connectivity index (χ3v) is 4.40. The van der Waals surface area contributed by atoms with Gasteiger partial charge in [-0.2, -0.15) is 10.2 Å². The van der Waals surface area contributed by atoms with Crippen LogP contribution in [-0.2, 0) is 13.8 Å². The number of aromatic nitrogens is 4. The number of nitrogens with one attached hydrogen (secondary N) is 1. The van der Waals surface area contributed by atoms with E-state index in [1.807, 2.05) is 20.9 Å². The Morgan fingerprint density at radius 3 is 2.65 bits per heavy atom. The van der Waals surface area contributed by atoms with Crippen LogP contribution in [0, 0.1) is 13.8 Å². The van der Waals surface area contributed by atoms with Crippen molar-refractivity contribution in [3.8, 4) is 5.75 Å². The summed E-state index contributed by atoms with van der Waals surface area (Å²) in [6, 6.07) is 6.57. The van der Waals surface area contributed by atoms with Gasteiger partial charge in [0.25, 0.3) is 5.91 Å². The molecule has 0 saturated carbocycles. The standard InChI is InChI=1S/C17H17Cl2N5O2/c1-10-16(11(2)23(3)21-10)20-17(25)14-6-7-24(22-14)9-26-15-5-4-12(18)8-13(15)19/h4-8H,9H2,1-3H3,(H,20,25). The number of nitrogens with zero attached hydrogens (tertiary/aromatic N) is 4. The molecule has 0 bridgehead atoms. The van der Waals surface area contributed by atoms with Crippen molar-refractivity contribution in [1.82, 2.24) is 19.6 Å². The molecule has 2 heterocycles. The molecule has 2 aromatic heterocycles. The van der Waals surface area contributed by atoms with Crippen LogP contribution in [0.4, 0.5) is 5.69 Å². The highest BCUT2D eigenvalue weighted by molar-refractivity contribution is 6.35. The molecule has 136 valence electrons. The number of anilines is 1. The number of carbonyl (C=O) groups is 1. The van der Waals surface area contributed by atoms with E-state index >= 15 is 0 Å². The zero-order chi connectivity index (χ0) is 18.8. The zero-order valence-electron chi connectivity index (χ0n) is 14.5. The topological polar surface area (TPSA) is 74.0 Å². The van der Waals surface area contributed by atoms with Crippen LogP contribution in [0.25, 0.3) is 0 Å². The lowest BCUT2D eigenvalue weighted by atomic mass is 10.3. The minimum absolute atomic E-state index is 0.111. The fourth-order valence-corrected chi connectivity index (χ4v) is 2.88. The van der Waals surface area contributed by atoms with Crippen LogP contribution in [0.5, 0.6) is 5.75 Å². The van der Waals surface area contributed by atoms with Crippen molar-refractivity contribution in [2.24, 2.45) is 7.05 Å². The van der Waals surface area contributed by atoms with Crippen LogP contribution < -0.4 is 10.1 Å². The van der Waals surface area contributed by atoms with Crippen molar-refractivity contribution in [2.75, 3.05) is 5.32 Å². The Labute approximate surface area is 160 Å². The summed E-state index contributed by atoms with van der Waals surface area (Å²) in [4.78, 5) is 12.4. The number of hydrogen-bond donors (Lipinski definition) is 1. The van der Waals surface area contributed by atoms with E-state index < -0.39 is 0 Å². The largest absolute Gasteiger partial charge is 0.470 e. The van der Waals surface area contributed by atoms with Gasteiger partial charge in [-0.15, -0.1) is 0 Å². The number of halogens is 2. The predicted octanol–water partition coefficient (Wildman–Crippen LogP) is 3.83. The Kier molecular flexibility index (Phi) is 5.20. The van der Waals surface area contributed by atoms with Gasteiger partial charge in [0, 0.05) is 18.3 Å². The molecule has 1 N–H and O–H groups in total. The van der Waals surface area contributed by atoms with Gasteiger partial charge in [-0.1, -0.05) is 23.2 Å². The van der Waals surface area contributed by atoms with E-state index in [1.165, 1.54) is 4.68 Å². The normalized spacial score (nSPS) is 10.8. The van der Waals surface area contributed by atoms with Crippen molar-refractivity contribution in [2.45, 2.75) is 20.6 Å². The number of rotatable bonds is 5. The molecule has 0 saturated heterocycles. The van der Waals surface area contributed by atoms with Crippen molar-refractivity contribution >= 4 is 34.8 Å². The van der Waals surface area contributed by atoms with E-state index in [2.05, 4.69) is 15.5 Å². The number of aryl methyl sites for hydroxylation is 2. The summed E-state index contributed by atoms with van der Waals surface area (Å²) in [5, 5.41) is 12.3. The van der Waals surface area contributed by atoms with Gasteiger partial charge < -0.3 is 10.1 Å². The van der Waals surface area contributed by atoms with Gasteiger partial charge in [0.05, 0.1) is 22.1 Å². The van der Waals surface area contributed by atoms with Gasteiger partial charge in [0.1, 0.15) is 5.75 Å². The van der Waals surface area contributed by atoms with E-state index in [4.69, 9.17) is 27.9 Å². The summed E-state index contributed by atoms with van der Waals surface area (Å²) < 4.78 is 8.81. The quantitative estimate of drug-likeness (QED) is 0.714. The molecule has 1 amide bonds. The third-order valence-electron chi connectivity index (χ3n) is 3.87. The SMILES string of the molecule is Cc1nn(C)c(C)c1NC(=O)c1ccn(COc2ccc(Cl)cc2Cl)n1. The monoisotopic (exact) mass is 393 g/mol. The number of ether oxygens (including phenoxy) is 1. The van der Waals surface area contributed by atoms with E-state index in [1.54, 1.807) is 35.1 Å². The minimum Gasteiger partial charge on any atom is -0.470 e. The molecule has 0 unspecified atom stereocenters. The van der Waals surface area contributed by atoms with Crippen LogP contribution in [0.1, 0.15) is 21.9 Å². The van der Waals surface area contributed by atoms with Crippen LogP contribution in [0.3, 0.4) is 0 Å². The van der Waals surface area contributed by atoms with Crippen molar-refractivity contribution in [3.63, 3.8) is 0 Å². The van der Waals surface area contributed by atoms with E-state index in [0.717, 1.165) is 11.4 Å². The van der Waals surface area contributed by atoms with Gasteiger partial charge in [0.2, 0.25) is 0 Å². The summed E-state index contributed by atoms with van der Waals surface area (Å²) in [6.45, 7) is 3.84. The van der Waals surface area contributed by atoms with Crippen LogP contribution in [-0.4, -0.2) is 25.5 Å². The summed E-state index contributed by atoms with van der Waals surface area (Å²) in [7, 11) is 1.83. The summed E-state index contributed by atoms with van der Waals surface area (Å²) in [5.74, 6) is 0.173. The Hall–Kier alpha value is -2.51. The molecule has 9 heteroatoms. The molecule has 0 spiro atoms. The maximum absolute atomic E-state index is 12.4. The second-order valence-electron chi connectivity index (χ2n) is 5.71. The second-order valence-corrected chi connectivity index (χ2v) is 6.56. The van der Waals surface area contributed by atoms with Crippen LogP contribution >= 0.6 is 23.2 Å². The zero-order valence-corrected chi connectivity index (χ0v) is 16.0. The van der Waals surface area contributed by atoms with Crippen LogP contribution in [0.2, 0.25) is 10.0 Å². The number of benzene rings is 1. The number of amides is 1. The Balaban J connectivity index is 1.66. The average Bonchev–Trinajstić information content (AvgIpc) is 3.15. The fourth-order valence-electron chi connectivity index (χ4n) is 2.41. The maximum Gasteiger partial charge on any atom is 0.276 e. The summed E-state index contributed by atoms with van der Waals surface area (Å²) in [6.07, 6.45) is 1.65. The van der Waals surface area contributed by atoms with Crippen molar-refractivity contribution in [1.29, 1.82) is 0 Å². The predicted molar refractivity (Wildman–Crippen MR) is 100.0 cm³/mol. The van der Waals surface area contributed by atoms with E-state index in [0.29, 0.717) is 21.5 Å². The average molecular weight is 394 g/mol. The van der Waals surface area contributed by atoms with Gasteiger partial charge in [-0.3, -0.25) is 9.48 Å². The van der Waals surface area contributed by atoms with Gasteiger partial charge in [-0.25, -0.2) is 4.68 Å². The van der Waals surface area contributed by atoms with E-state index in [-0.39, 0.29) is 18.3 Å².